The molecule has 3 aromatic rings. The van der Waals surface area contributed by atoms with E-state index < -0.39 is 16.9 Å². The highest BCUT2D eigenvalue weighted by Crippen LogP contribution is 2.31. The number of methoxy groups -OCH3 is 1. The van der Waals surface area contributed by atoms with Gasteiger partial charge in [-0.05, 0) is 42.5 Å². The number of esters is 1. The number of nitro benzene ring substituents is 1. The van der Waals surface area contributed by atoms with Crippen molar-refractivity contribution in [1.29, 1.82) is 0 Å². The van der Waals surface area contributed by atoms with Crippen LogP contribution in [0.15, 0.2) is 74.5 Å². The summed E-state index contributed by atoms with van der Waals surface area (Å²) in [6, 6.07) is 13.0. The Balaban J connectivity index is 1.94. The van der Waals surface area contributed by atoms with E-state index in [1.54, 1.807) is 36.9 Å². The topological polar surface area (TPSA) is 104 Å². The Morgan fingerprint density at radius 3 is 2.64 bits per heavy atom. The zero-order chi connectivity index (χ0) is 23.7. The highest BCUT2D eigenvalue weighted by Gasteiger charge is 2.33. The minimum Gasteiger partial charge on any atom is -0.466 e. The van der Waals surface area contributed by atoms with Crippen molar-refractivity contribution in [1.82, 2.24) is 4.57 Å². The zero-order valence-electron chi connectivity index (χ0n) is 18.0. The first-order valence-electron chi connectivity index (χ1n) is 9.83. The van der Waals surface area contributed by atoms with Crippen LogP contribution in [0.3, 0.4) is 0 Å². The third kappa shape index (κ3) is 4.27. The Bertz CT molecular complexity index is 1470. The number of hydrogen-bond donors (Lipinski definition) is 0. The molecule has 0 saturated carbocycles. The predicted octanol–water partition coefficient (Wildman–Crippen LogP) is 3.04. The molecule has 33 heavy (non-hydrogen) atoms. The minimum absolute atomic E-state index is 0.0629. The molecular weight excluding hydrogens is 462 g/mol. The summed E-state index contributed by atoms with van der Waals surface area (Å²) in [6.45, 7) is 1.72. The van der Waals surface area contributed by atoms with E-state index >= 15 is 0 Å². The van der Waals surface area contributed by atoms with Crippen LogP contribution in [0.25, 0.3) is 6.08 Å². The van der Waals surface area contributed by atoms with E-state index in [9.17, 15) is 19.7 Å². The lowest BCUT2D eigenvalue weighted by molar-refractivity contribution is -0.384. The summed E-state index contributed by atoms with van der Waals surface area (Å²) < 4.78 is 6.85. The van der Waals surface area contributed by atoms with Gasteiger partial charge in [-0.15, -0.1) is 11.8 Å². The van der Waals surface area contributed by atoms with E-state index in [2.05, 4.69) is 4.99 Å². The van der Waals surface area contributed by atoms with Gasteiger partial charge in [0.25, 0.3) is 11.2 Å². The Morgan fingerprint density at radius 1 is 1.27 bits per heavy atom. The largest absolute Gasteiger partial charge is 0.466 e. The molecule has 2 heterocycles. The van der Waals surface area contributed by atoms with Gasteiger partial charge in [0.05, 0.1) is 33.9 Å². The first-order valence-corrected chi connectivity index (χ1v) is 11.9. The molecule has 0 radical (unpaired) electrons. The van der Waals surface area contributed by atoms with Crippen LogP contribution >= 0.6 is 23.1 Å². The first kappa shape index (κ1) is 22.7. The lowest BCUT2D eigenvalue weighted by Crippen LogP contribution is -2.39. The number of ether oxygens (including phenoxy) is 1. The third-order valence-corrected chi connectivity index (χ3v) is 6.96. The summed E-state index contributed by atoms with van der Waals surface area (Å²) in [6.07, 6.45) is 3.57. The highest BCUT2D eigenvalue weighted by atomic mass is 32.2. The van der Waals surface area contributed by atoms with Crippen LogP contribution in [0.2, 0.25) is 0 Å². The van der Waals surface area contributed by atoms with E-state index in [1.807, 2.05) is 30.5 Å². The van der Waals surface area contributed by atoms with Gasteiger partial charge in [-0.3, -0.25) is 19.5 Å². The molecule has 2 aromatic carbocycles. The van der Waals surface area contributed by atoms with Crippen LogP contribution in [-0.2, 0) is 9.53 Å². The highest BCUT2D eigenvalue weighted by molar-refractivity contribution is 7.98. The molecule has 0 aliphatic carbocycles. The summed E-state index contributed by atoms with van der Waals surface area (Å²) in [7, 11) is 1.30. The average Bonchev–Trinajstić information content (AvgIpc) is 3.12. The van der Waals surface area contributed by atoms with Crippen molar-refractivity contribution in [2.45, 2.75) is 17.9 Å². The number of rotatable bonds is 5. The number of allylic oxidation sites excluding steroid dienone is 1. The fourth-order valence-corrected chi connectivity index (χ4v) is 5.13. The number of thiazole rings is 1. The fraction of sp³-hybridized carbons (Fsp3) is 0.174. The van der Waals surface area contributed by atoms with Crippen molar-refractivity contribution in [3.8, 4) is 0 Å². The normalized spacial score (nSPS) is 15.7. The molecule has 0 saturated heterocycles. The fourth-order valence-electron chi connectivity index (χ4n) is 3.67. The molecule has 168 valence electrons. The molecule has 1 atom stereocenters. The van der Waals surface area contributed by atoms with Crippen molar-refractivity contribution in [2.75, 3.05) is 13.4 Å². The van der Waals surface area contributed by atoms with Gasteiger partial charge in [-0.2, -0.15) is 0 Å². The number of carbonyl (C=O) groups excluding carboxylic acids is 1. The molecule has 0 amide bonds. The first-order chi connectivity index (χ1) is 15.8. The lowest BCUT2D eigenvalue weighted by Gasteiger charge is -2.24. The van der Waals surface area contributed by atoms with Gasteiger partial charge in [0, 0.05) is 17.0 Å². The number of nitrogens with zero attached hydrogens (tertiary/aromatic N) is 3. The molecule has 1 aliphatic rings. The minimum atomic E-state index is -0.697. The summed E-state index contributed by atoms with van der Waals surface area (Å²) in [5, 5.41) is 11.1. The van der Waals surface area contributed by atoms with Gasteiger partial charge in [-0.25, -0.2) is 9.79 Å². The van der Waals surface area contributed by atoms with Gasteiger partial charge >= 0.3 is 5.97 Å². The molecule has 1 unspecified atom stereocenters. The molecular formula is C23H19N3O5S2. The Morgan fingerprint density at radius 2 is 2.00 bits per heavy atom. The Kier molecular flexibility index (Phi) is 6.30. The number of thioether (sulfide) groups is 1. The summed E-state index contributed by atoms with van der Waals surface area (Å²) in [5.74, 6) is -0.553. The van der Waals surface area contributed by atoms with E-state index in [0.717, 1.165) is 10.5 Å². The van der Waals surface area contributed by atoms with Gasteiger partial charge < -0.3 is 4.74 Å². The van der Waals surface area contributed by atoms with Gasteiger partial charge in [0.2, 0.25) is 0 Å². The number of carbonyl (C=O) groups is 1. The van der Waals surface area contributed by atoms with Crippen molar-refractivity contribution in [3.63, 3.8) is 0 Å². The van der Waals surface area contributed by atoms with Crippen LogP contribution in [0, 0.1) is 10.1 Å². The molecule has 0 fully saturated rings. The number of fused-ring (bicyclic) bond motifs is 1. The lowest BCUT2D eigenvalue weighted by atomic mass is 9.96. The van der Waals surface area contributed by atoms with Crippen molar-refractivity contribution in [3.05, 3.63) is 101 Å². The standard InChI is InChI=1S/C23H19N3O5S2/c1-13-19(22(28)31-2)20(15-7-9-17(32-3)10-8-15)25-21(27)18(33-23(25)24-13)12-14-5-4-6-16(11-14)26(29)30/h4-12,20H,1-3H3. The second-order valence-electron chi connectivity index (χ2n) is 7.20. The van der Waals surface area contributed by atoms with E-state index in [1.165, 1.54) is 35.1 Å². The van der Waals surface area contributed by atoms with Crippen molar-refractivity contribution in [2.24, 2.45) is 4.99 Å². The molecule has 0 N–H and O–H groups in total. The number of benzene rings is 2. The smallest absolute Gasteiger partial charge is 0.338 e. The van der Waals surface area contributed by atoms with Crippen LogP contribution in [0.4, 0.5) is 5.69 Å². The summed E-state index contributed by atoms with van der Waals surface area (Å²) in [4.78, 5) is 42.8. The van der Waals surface area contributed by atoms with Gasteiger partial charge in [0.1, 0.15) is 0 Å². The van der Waals surface area contributed by atoms with Crippen LogP contribution < -0.4 is 14.9 Å². The van der Waals surface area contributed by atoms with Crippen molar-refractivity contribution >= 4 is 40.8 Å². The maximum absolute atomic E-state index is 13.5. The van der Waals surface area contributed by atoms with Crippen molar-refractivity contribution < 1.29 is 14.5 Å². The number of non-ortho nitro benzene ring substituents is 1. The molecule has 8 nitrogen and oxygen atoms in total. The van der Waals surface area contributed by atoms with E-state index in [4.69, 9.17) is 4.74 Å². The second kappa shape index (κ2) is 9.16. The monoisotopic (exact) mass is 481 g/mol. The molecule has 1 aliphatic heterocycles. The summed E-state index contributed by atoms with van der Waals surface area (Å²) >= 11 is 2.76. The van der Waals surface area contributed by atoms with E-state index in [0.29, 0.717) is 26.2 Å². The zero-order valence-corrected chi connectivity index (χ0v) is 19.6. The molecule has 10 heteroatoms. The predicted molar refractivity (Wildman–Crippen MR) is 127 cm³/mol. The number of aromatic nitrogens is 1. The Labute approximate surface area is 196 Å². The maximum atomic E-state index is 13.5. The molecule has 4 rings (SSSR count). The summed E-state index contributed by atoms with van der Waals surface area (Å²) in [5.41, 5.74) is 1.66. The van der Waals surface area contributed by atoms with Gasteiger partial charge in [0.15, 0.2) is 4.80 Å². The number of hydrogen-bond acceptors (Lipinski definition) is 8. The third-order valence-electron chi connectivity index (χ3n) is 5.24. The van der Waals surface area contributed by atoms with Crippen LogP contribution in [0.5, 0.6) is 0 Å². The number of nitro groups is 1. The maximum Gasteiger partial charge on any atom is 0.338 e. The van der Waals surface area contributed by atoms with Crippen LogP contribution in [-0.4, -0.2) is 28.8 Å². The molecule has 1 aromatic heterocycles. The van der Waals surface area contributed by atoms with E-state index in [-0.39, 0.29) is 11.2 Å². The Hall–Kier alpha value is -3.50. The second-order valence-corrected chi connectivity index (χ2v) is 9.09. The average molecular weight is 482 g/mol. The SMILES string of the molecule is COC(=O)C1=C(C)N=c2sc(=Cc3cccc([N+](=O)[O-])c3)c(=O)n2C1c1ccc(SC)cc1. The van der Waals surface area contributed by atoms with Crippen LogP contribution in [0.1, 0.15) is 24.1 Å². The quantitative estimate of drug-likeness (QED) is 0.240. The van der Waals surface area contributed by atoms with Gasteiger partial charge in [-0.1, -0.05) is 35.6 Å². The molecule has 0 spiro atoms. The molecule has 0 bridgehead atoms.